The summed E-state index contributed by atoms with van der Waals surface area (Å²) in [6.07, 6.45) is 5.29. The Labute approximate surface area is 136 Å². The van der Waals surface area contributed by atoms with Crippen molar-refractivity contribution in [3.05, 3.63) is 17.5 Å². The van der Waals surface area contributed by atoms with Gasteiger partial charge in [0.15, 0.2) is 0 Å². The van der Waals surface area contributed by atoms with Crippen LogP contribution in [0.2, 0.25) is 0 Å². The van der Waals surface area contributed by atoms with Crippen LogP contribution in [0.1, 0.15) is 30.5 Å². The molecule has 8 nitrogen and oxygen atoms in total. The van der Waals surface area contributed by atoms with Crippen molar-refractivity contribution in [2.75, 3.05) is 26.2 Å². The number of nitrogens with zero attached hydrogens (tertiary/aromatic N) is 2. The van der Waals surface area contributed by atoms with Gasteiger partial charge >= 0.3 is 6.03 Å². The molecule has 0 atom stereocenters. The fourth-order valence-electron chi connectivity index (χ4n) is 2.80. The number of piperidine rings is 1. The number of aromatic nitrogens is 2. The molecule has 0 aliphatic carbocycles. The fourth-order valence-corrected chi connectivity index (χ4v) is 2.80. The number of aromatic amines is 1. The first-order chi connectivity index (χ1) is 11.0. The molecule has 0 saturated carbocycles. The van der Waals surface area contributed by atoms with Gasteiger partial charge in [0.25, 0.3) is 0 Å². The Morgan fingerprint density at radius 2 is 2.17 bits per heavy atom. The highest BCUT2D eigenvalue weighted by molar-refractivity contribution is 5.76. The molecule has 0 aromatic carbocycles. The number of amides is 3. The van der Waals surface area contributed by atoms with Crippen molar-refractivity contribution in [2.45, 2.75) is 38.6 Å². The highest BCUT2D eigenvalue weighted by Crippen LogP contribution is 2.09. The number of hydrogen-bond acceptors (Lipinski definition) is 4. The standard InChI is InChI=1S/C15H26N6O2/c1-11-12(9-18-20-11)3-2-6-17-15(23)19-13-4-7-21(8-5-13)10-14(16)22/h9,13H,2-8,10H2,1H3,(H2,16,22)(H,18,20)(H2,17,19,23). The molecule has 1 fully saturated rings. The molecule has 23 heavy (non-hydrogen) atoms. The topological polar surface area (TPSA) is 116 Å². The van der Waals surface area contributed by atoms with Crippen molar-refractivity contribution in [3.63, 3.8) is 0 Å². The van der Waals surface area contributed by atoms with Crippen LogP contribution in [0.3, 0.4) is 0 Å². The summed E-state index contributed by atoms with van der Waals surface area (Å²) in [5.41, 5.74) is 7.45. The van der Waals surface area contributed by atoms with Gasteiger partial charge in [-0.15, -0.1) is 0 Å². The lowest BCUT2D eigenvalue weighted by Crippen LogP contribution is -2.49. The molecule has 0 bridgehead atoms. The molecular formula is C15H26N6O2. The first kappa shape index (κ1) is 17.3. The van der Waals surface area contributed by atoms with Gasteiger partial charge in [-0.1, -0.05) is 0 Å². The Morgan fingerprint density at radius 3 is 2.78 bits per heavy atom. The van der Waals surface area contributed by atoms with Crippen molar-refractivity contribution in [3.8, 4) is 0 Å². The Morgan fingerprint density at radius 1 is 1.43 bits per heavy atom. The summed E-state index contributed by atoms with van der Waals surface area (Å²) in [5.74, 6) is -0.304. The SMILES string of the molecule is Cc1[nH]ncc1CCCNC(=O)NC1CCN(CC(N)=O)CC1. The minimum atomic E-state index is -0.304. The first-order valence-corrected chi connectivity index (χ1v) is 8.08. The largest absolute Gasteiger partial charge is 0.369 e. The van der Waals surface area contributed by atoms with Gasteiger partial charge in [0.2, 0.25) is 5.91 Å². The van der Waals surface area contributed by atoms with Crippen molar-refractivity contribution >= 4 is 11.9 Å². The summed E-state index contributed by atoms with van der Waals surface area (Å²) in [4.78, 5) is 24.8. The molecule has 8 heteroatoms. The van der Waals surface area contributed by atoms with E-state index in [9.17, 15) is 9.59 Å². The lowest BCUT2D eigenvalue weighted by Gasteiger charge is -2.31. The summed E-state index contributed by atoms with van der Waals surface area (Å²) in [5, 5.41) is 12.8. The maximum atomic E-state index is 11.9. The zero-order valence-corrected chi connectivity index (χ0v) is 13.6. The van der Waals surface area contributed by atoms with Crippen LogP contribution < -0.4 is 16.4 Å². The van der Waals surface area contributed by atoms with Gasteiger partial charge in [0.05, 0.1) is 12.7 Å². The van der Waals surface area contributed by atoms with Gasteiger partial charge in [-0.05, 0) is 38.2 Å². The summed E-state index contributed by atoms with van der Waals surface area (Å²) in [6.45, 7) is 4.50. The van der Waals surface area contributed by atoms with E-state index in [1.807, 2.05) is 18.0 Å². The van der Waals surface area contributed by atoms with Crippen LogP contribution in [-0.2, 0) is 11.2 Å². The number of nitrogens with one attached hydrogen (secondary N) is 3. The molecule has 2 heterocycles. The summed E-state index contributed by atoms with van der Waals surface area (Å²) < 4.78 is 0. The number of aryl methyl sites for hydroxylation is 2. The molecule has 1 aliphatic rings. The summed E-state index contributed by atoms with van der Waals surface area (Å²) in [6, 6.07) is 0.0394. The van der Waals surface area contributed by atoms with Gasteiger partial charge in [0, 0.05) is 31.4 Å². The second kappa shape index (κ2) is 8.52. The van der Waals surface area contributed by atoms with Gasteiger partial charge in [-0.2, -0.15) is 5.10 Å². The lowest BCUT2D eigenvalue weighted by molar-refractivity contribution is -0.119. The molecule has 1 aromatic heterocycles. The Balaban J connectivity index is 1.57. The van der Waals surface area contributed by atoms with Crippen LogP contribution in [-0.4, -0.2) is 59.3 Å². The molecule has 1 saturated heterocycles. The third-order valence-corrected chi connectivity index (χ3v) is 4.15. The van der Waals surface area contributed by atoms with Crippen molar-refractivity contribution in [1.82, 2.24) is 25.7 Å². The average molecular weight is 322 g/mol. The third-order valence-electron chi connectivity index (χ3n) is 4.15. The molecule has 1 aliphatic heterocycles. The maximum Gasteiger partial charge on any atom is 0.315 e. The molecule has 3 amide bonds. The molecule has 0 unspecified atom stereocenters. The molecular weight excluding hydrogens is 296 g/mol. The zero-order valence-electron chi connectivity index (χ0n) is 13.6. The third kappa shape index (κ3) is 5.90. The molecule has 1 aromatic rings. The van der Waals surface area contributed by atoms with E-state index in [1.165, 1.54) is 5.56 Å². The second-order valence-corrected chi connectivity index (χ2v) is 6.04. The van der Waals surface area contributed by atoms with E-state index in [-0.39, 0.29) is 18.0 Å². The molecule has 0 spiro atoms. The van der Waals surface area contributed by atoms with Crippen molar-refractivity contribution in [2.24, 2.45) is 5.73 Å². The zero-order chi connectivity index (χ0) is 16.7. The average Bonchev–Trinajstić information content (AvgIpc) is 2.90. The van der Waals surface area contributed by atoms with E-state index < -0.39 is 0 Å². The van der Waals surface area contributed by atoms with Crippen LogP contribution in [0.5, 0.6) is 0 Å². The molecule has 128 valence electrons. The van der Waals surface area contributed by atoms with Gasteiger partial charge in [-0.25, -0.2) is 4.79 Å². The van der Waals surface area contributed by atoms with Crippen LogP contribution >= 0.6 is 0 Å². The number of rotatable bonds is 7. The number of nitrogens with two attached hydrogens (primary N) is 1. The lowest BCUT2D eigenvalue weighted by atomic mass is 10.1. The number of primary amides is 1. The van der Waals surface area contributed by atoms with Gasteiger partial charge in [-0.3, -0.25) is 14.8 Å². The van der Waals surface area contributed by atoms with Gasteiger partial charge < -0.3 is 16.4 Å². The molecule has 5 N–H and O–H groups in total. The first-order valence-electron chi connectivity index (χ1n) is 8.08. The van der Waals surface area contributed by atoms with Crippen LogP contribution in [0, 0.1) is 6.92 Å². The smallest absolute Gasteiger partial charge is 0.315 e. The van der Waals surface area contributed by atoms with Gasteiger partial charge in [0.1, 0.15) is 0 Å². The predicted molar refractivity (Wildman–Crippen MR) is 86.8 cm³/mol. The number of H-pyrrole nitrogens is 1. The summed E-state index contributed by atoms with van der Waals surface area (Å²) in [7, 11) is 0. The number of hydrogen-bond donors (Lipinski definition) is 4. The fraction of sp³-hybridized carbons (Fsp3) is 0.667. The second-order valence-electron chi connectivity index (χ2n) is 6.04. The van der Waals surface area contributed by atoms with E-state index >= 15 is 0 Å². The quantitative estimate of drug-likeness (QED) is 0.525. The van der Waals surface area contributed by atoms with Crippen LogP contribution in [0.15, 0.2) is 6.20 Å². The van der Waals surface area contributed by atoms with E-state index in [2.05, 4.69) is 20.8 Å². The van der Waals surface area contributed by atoms with E-state index in [1.54, 1.807) is 0 Å². The van der Waals surface area contributed by atoms with Crippen LogP contribution in [0.4, 0.5) is 4.79 Å². The monoisotopic (exact) mass is 322 g/mol. The number of urea groups is 1. The van der Waals surface area contributed by atoms with E-state index in [0.29, 0.717) is 13.1 Å². The minimum absolute atomic E-state index is 0.123. The predicted octanol–water partition coefficient (Wildman–Crippen LogP) is -0.100. The maximum absolute atomic E-state index is 11.9. The normalized spacial score (nSPS) is 16.2. The van der Waals surface area contributed by atoms with Crippen molar-refractivity contribution < 1.29 is 9.59 Å². The van der Waals surface area contributed by atoms with E-state index in [0.717, 1.165) is 44.5 Å². The number of carbonyl (C=O) groups excluding carboxylic acids is 2. The highest BCUT2D eigenvalue weighted by Gasteiger charge is 2.21. The van der Waals surface area contributed by atoms with E-state index in [4.69, 9.17) is 5.73 Å². The Hall–Kier alpha value is -2.09. The van der Waals surface area contributed by atoms with Crippen LogP contribution in [0.25, 0.3) is 0 Å². The summed E-state index contributed by atoms with van der Waals surface area (Å²) >= 11 is 0. The molecule has 0 radical (unpaired) electrons. The van der Waals surface area contributed by atoms with Crippen molar-refractivity contribution in [1.29, 1.82) is 0 Å². The number of likely N-dealkylation sites (tertiary alicyclic amines) is 1. The molecule has 2 rings (SSSR count). The Kier molecular flexibility index (Phi) is 6.40. The Bertz CT molecular complexity index is 522. The highest BCUT2D eigenvalue weighted by atomic mass is 16.2. The minimum Gasteiger partial charge on any atom is -0.369 e. The number of carbonyl (C=O) groups is 2.